The maximum atomic E-state index is 14.3. The highest BCUT2D eigenvalue weighted by molar-refractivity contribution is 5.72. The summed E-state index contributed by atoms with van der Waals surface area (Å²) in [5, 5.41) is 0. The summed E-state index contributed by atoms with van der Waals surface area (Å²) in [6, 6.07) is 4.89. The van der Waals surface area contributed by atoms with Crippen molar-refractivity contribution >= 4 is 5.97 Å². The van der Waals surface area contributed by atoms with Crippen molar-refractivity contribution in [2.24, 2.45) is 11.8 Å². The van der Waals surface area contributed by atoms with E-state index >= 15 is 0 Å². The van der Waals surface area contributed by atoms with Gasteiger partial charge >= 0.3 is 5.97 Å². The summed E-state index contributed by atoms with van der Waals surface area (Å²) in [7, 11) is 0. The fraction of sp³-hybridized carbons (Fsp3) is 0.731. The van der Waals surface area contributed by atoms with Crippen molar-refractivity contribution in [2.75, 3.05) is 0 Å². The molecule has 29 heavy (non-hydrogen) atoms. The van der Waals surface area contributed by atoms with Crippen molar-refractivity contribution in [3.05, 3.63) is 29.6 Å². The second-order valence-corrected chi connectivity index (χ2v) is 8.96. The average Bonchev–Trinajstić information content (AvgIpc) is 2.72. The molecule has 0 radical (unpaired) electrons. The second kappa shape index (κ2) is 13.8. The van der Waals surface area contributed by atoms with Crippen LogP contribution in [-0.4, -0.2) is 5.97 Å². The molecule has 1 aliphatic carbocycles. The number of carbonyl (C=O) groups excluding carboxylic acids is 1. The molecular weight excluding hydrogens is 363 g/mol. The number of esters is 1. The number of rotatable bonds is 13. The van der Waals surface area contributed by atoms with Crippen molar-refractivity contribution in [2.45, 2.75) is 110 Å². The first-order valence-electron chi connectivity index (χ1n) is 12.1. The molecule has 2 rings (SSSR count). The lowest BCUT2D eigenvalue weighted by Crippen LogP contribution is -2.17. The topological polar surface area (TPSA) is 26.3 Å². The van der Waals surface area contributed by atoms with E-state index in [4.69, 9.17) is 4.74 Å². The zero-order valence-electron chi connectivity index (χ0n) is 18.7. The molecule has 0 spiro atoms. The molecule has 0 saturated heterocycles. The minimum atomic E-state index is -0.252. The Labute approximate surface area is 177 Å². The second-order valence-electron chi connectivity index (χ2n) is 8.96. The van der Waals surface area contributed by atoms with Crippen LogP contribution >= 0.6 is 0 Å². The molecule has 0 atom stereocenters. The lowest BCUT2D eigenvalue weighted by atomic mass is 9.78. The fourth-order valence-electron chi connectivity index (χ4n) is 4.61. The Hall–Kier alpha value is -1.38. The molecule has 0 bridgehead atoms. The van der Waals surface area contributed by atoms with Gasteiger partial charge in [0.15, 0.2) is 0 Å². The first kappa shape index (κ1) is 23.9. The van der Waals surface area contributed by atoms with Gasteiger partial charge in [-0.05, 0) is 42.7 Å². The predicted octanol–water partition coefficient (Wildman–Crippen LogP) is 8.02. The van der Waals surface area contributed by atoms with Crippen molar-refractivity contribution in [1.82, 2.24) is 0 Å². The normalized spacial score (nSPS) is 19.3. The minimum absolute atomic E-state index is 0.233. The van der Waals surface area contributed by atoms with Crippen LogP contribution in [0.2, 0.25) is 0 Å². The molecule has 3 heteroatoms. The van der Waals surface area contributed by atoms with E-state index in [1.165, 1.54) is 70.3 Å². The third-order valence-corrected chi connectivity index (χ3v) is 6.48. The Bertz CT molecular complexity index is 590. The Morgan fingerprint density at radius 1 is 0.931 bits per heavy atom. The summed E-state index contributed by atoms with van der Waals surface area (Å²) in [6.45, 7) is 4.47. The Morgan fingerprint density at radius 3 is 2.24 bits per heavy atom. The molecule has 0 N–H and O–H groups in total. The van der Waals surface area contributed by atoms with Gasteiger partial charge in [0.2, 0.25) is 0 Å². The molecule has 0 heterocycles. The van der Waals surface area contributed by atoms with Gasteiger partial charge in [0.25, 0.3) is 0 Å². The summed E-state index contributed by atoms with van der Waals surface area (Å²) in [5.41, 5.74) is 0.726. The van der Waals surface area contributed by atoms with Crippen LogP contribution in [-0.2, 0) is 11.2 Å². The van der Waals surface area contributed by atoms with Crippen molar-refractivity contribution in [3.63, 3.8) is 0 Å². The summed E-state index contributed by atoms with van der Waals surface area (Å²) in [6.07, 6.45) is 17.0. The van der Waals surface area contributed by atoms with Gasteiger partial charge in [-0.3, -0.25) is 4.79 Å². The molecule has 1 saturated carbocycles. The molecular formula is C26H41FO2. The quantitative estimate of drug-likeness (QED) is 0.189. The largest absolute Gasteiger partial charge is 0.426 e. The van der Waals surface area contributed by atoms with Gasteiger partial charge in [-0.15, -0.1) is 0 Å². The van der Waals surface area contributed by atoms with Crippen molar-refractivity contribution < 1.29 is 13.9 Å². The number of halogens is 1. The van der Waals surface area contributed by atoms with Gasteiger partial charge in [0, 0.05) is 12.5 Å². The van der Waals surface area contributed by atoms with E-state index in [0.717, 1.165) is 37.2 Å². The Kier molecular flexibility index (Phi) is 11.3. The van der Waals surface area contributed by atoms with Crippen LogP contribution in [0.1, 0.15) is 109 Å². The van der Waals surface area contributed by atoms with E-state index in [2.05, 4.69) is 13.8 Å². The Balaban J connectivity index is 1.66. The van der Waals surface area contributed by atoms with E-state index in [9.17, 15) is 9.18 Å². The standard InChI is InChI=1S/C26H41FO2/c1-3-5-6-7-8-9-11-23-17-18-24(20-25(23)27)29-26(28)19-16-22-14-12-21(10-4-2)13-15-22/h17-18,20-22H,3-16,19H2,1-2H3. The number of unbranched alkanes of at least 4 members (excludes halogenated alkanes) is 5. The van der Waals surface area contributed by atoms with E-state index in [1.54, 1.807) is 12.1 Å². The molecule has 0 aromatic heterocycles. The molecule has 1 aliphatic rings. The number of aryl methyl sites for hydroxylation is 1. The van der Waals surface area contributed by atoms with Gasteiger partial charge in [0.1, 0.15) is 11.6 Å². The summed E-state index contributed by atoms with van der Waals surface area (Å²) in [5.74, 6) is 1.39. The van der Waals surface area contributed by atoms with Crippen LogP contribution in [0.15, 0.2) is 18.2 Å². The molecule has 0 aliphatic heterocycles. The highest BCUT2D eigenvalue weighted by atomic mass is 19.1. The summed E-state index contributed by atoms with van der Waals surface area (Å²) in [4.78, 5) is 12.2. The molecule has 1 aromatic rings. The highest BCUT2D eigenvalue weighted by Gasteiger charge is 2.21. The first-order valence-corrected chi connectivity index (χ1v) is 12.1. The SMILES string of the molecule is CCCCCCCCc1ccc(OC(=O)CCC2CCC(CCC)CC2)cc1F. The van der Waals surface area contributed by atoms with Crippen LogP contribution in [0.5, 0.6) is 5.75 Å². The van der Waals surface area contributed by atoms with Crippen LogP contribution < -0.4 is 4.74 Å². The average molecular weight is 405 g/mol. The van der Waals surface area contributed by atoms with Crippen molar-refractivity contribution in [1.29, 1.82) is 0 Å². The van der Waals surface area contributed by atoms with E-state index in [0.29, 0.717) is 18.1 Å². The zero-order valence-corrected chi connectivity index (χ0v) is 18.7. The number of hydrogen-bond acceptors (Lipinski definition) is 2. The molecule has 0 amide bonds. The number of carbonyl (C=O) groups is 1. The van der Waals surface area contributed by atoms with Crippen LogP contribution in [0.25, 0.3) is 0 Å². The monoisotopic (exact) mass is 404 g/mol. The smallest absolute Gasteiger partial charge is 0.311 e. The van der Waals surface area contributed by atoms with Gasteiger partial charge in [-0.1, -0.05) is 90.5 Å². The zero-order chi connectivity index (χ0) is 20.9. The van der Waals surface area contributed by atoms with Gasteiger partial charge in [0.05, 0.1) is 0 Å². The maximum absolute atomic E-state index is 14.3. The van der Waals surface area contributed by atoms with Gasteiger partial charge in [-0.25, -0.2) is 4.39 Å². The molecule has 1 fully saturated rings. The first-order chi connectivity index (χ1) is 14.1. The Morgan fingerprint density at radius 2 is 1.59 bits per heavy atom. The highest BCUT2D eigenvalue weighted by Crippen LogP contribution is 2.33. The number of hydrogen-bond donors (Lipinski definition) is 0. The number of benzene rings is 1. The summed E-state index contributed by atoms with van der Waals surface area (Å²) < 4.78 is 19.7. The minimum Gasteiger partial charge on any atom is -0.426 e. The molecule has 0 unspecified atom stereocenters. The van der Waals surface area contributed by atoms with E-state index < -0.39 is 0 Å². The predicted molar refractivity (Wildman–Crippen MR) is 119 cm³/mol. The van der Waals surface area contributed by atoms with Gasteiger partial charge in [-0.2, -0.15) is 0 Å². The fourth-order valence-corrected chi connectivity index (χ4v) is 4.61. The van der Waals surface area contributed by atoms with E-state index in [-0.39, 0.29) is 11.8 Å². The lowest BCUT2D eigenvalue weighted by Gasteiger charge is -2.28. The van der Waals surface area contributed by atoms with Crippen molar-refractivity contribution in [3.8, 4) is 5.75 Å². The molecule has 164 valence electrons. The van der Waals surface area contributed by atoms with Gasteiger partial charge < -0.3 is 4.74 Å². The molecule has 2 nitrogen and oxygen atoms in total. The lowest BCUT2D eigenvalue weighted by molar-refractivity contribution is -0.134. The number of ether oxygens (including phenoxy) is 1. The molecule has 1 aromatic carbocycles. The van der Waals surface area contributed by atoms with E-state index in [1.807, 2.05) is 0 Å². The summed E-state index contributed by atoms with van der Waals surface area (Å²) >= 11 is 0. The van der Waals surface area contributed by atoms with Crippen LogP contribution in [0, 0.1) is 17.7 Å². The third-order valence-electron chi connectivity index (χ3n) is 6.48. The third kappa shape index (κ3) is 9.31. The van der Waals surface area contributed by atoms with Crippen LogP contribution in [0.3, 0.4) is 0 Å². The van der Waals surface area contributed by atoms with Crippen LogP contribution in [0.4, 0.5) is 4.39 Å². The maximum Gasteiger partial charge on any atom is 0.311 e.